The minimum atomic E-state index is -4.20. The van der Waals surface area contributed by atoms with Crippen LogP contribution in [-0.2, 0) is 19.6 Å². The van der Waals surface area contributed by atoms with Gasteiger partial charge in [-0.15, -0.1) is 0 Å². The number of carbonyl (C=O) groups is 1. The van der Waals surface area contributed by atoms with E-state index in [1.807, 2.05) is 24.3 Å². The third kappa shape index (κ3) is 4.95. The van der Waals surface area contributed by atoms with Gasteiger partial charge in [0, 0.05) is 31.9 Å². The molecule has 0 aliphatic heterocycles. The summed E-state index contributed by atoms with van der Waals surface area (Å²) in [7, 11) is -4.20. The summed E-state index contributed by atoms with van der Waals surface area (Å²) in [5, 5.41) is 2.11. The van der Waals surface area contributed by atoms with Crippen LogP contribution in [0.4, 0.5) is 5.69 Å². The number of benzene rings is 3. The van der Waals surface area contributed by atoms with Crippen molar-refractivity contribution in [1.29, 1.82) is 0 Å². The molecule has 172 valence electrons. The highest BCUT2D eigenvalue weighted by Gasteiger charge is 2.30. The predicted molar refractivity (Wildman–Crippen MR) is 133 cm³/mol. The number of hydrogen-bond acceptors (Lipinski definition) is 4. The topological polar surface area (TPSA) is 79.5 Å². The van der Waals surface area contributed by atoms with Gasteiger partial charge in [0.1, 0.15) is 12.1 Å². The standard InChI is InChI=1S/C24H22Cl2N2O4S/c1-24(2,3)32-23(29)14-28(33(30,31)18-11-15(25)10-16(26)12-18)17-8-9-22-20(13-17)19-6-4-5-7-21(19)27-22/h4-13,27H,14H2,1-3H3. The van der Waals surface area contributed by atoms with Crippen molar-refractivity contribution in [3.63, 3.8) is 0 Å². The van der Waals surface area contributed by atoms with Crippen molar-refractivity contribution in [2.45, 2.75) is 31.3 Å². The Hall–Kier alpha value is -2.74. The second kappa shape index (κ2) is 8.56. The number of nitrogens with one attached hydrogen (secondary N) is 1. The Labute approximate surface area is 202 Å². The molecule has 0 amide bonds. The molecule has 0 spiro atoms. The van der Waals surface area contributed by atoms with Crippen LogP contribution in [0.3, 0.4) is 0 Å². The number of nitrogens with zero attached hydrogens (tertiary/aromatic N) is 1. The molecule has 0 saturated carbocycles. The SMILES string of the molecule is CC(C)(C)OC(=O)CN(c1ccc2[nH]c3ccccc3c2c1)S(=O)(=O)c1cc(Cl)cc(Cl)c1. The zero-order valence-corrected chi connectivity index (χ0v) is 20.6. The Morgan fingerprint density at radius 1 is 0.939 bits per heavy atom. The first-order valence-electron chi connectivity index (χ1n) is 10.2. The fourth-order valence-electron chi connectivity index (χ4n) is 3.60. The number of ether oxygens (including phenoxy) is 1. The van der Waals surface area contributed by atoms with Gasteiger partial charge >= 0.3 is 5.97 Å². The van der Waals surface area contributed by atoms with Gasteiger partial charge in [-0.05, 0) is 63.2 Å². The maximum atomic E-state index is 13.7. The van der Waals surface area contributed by atoms with E-state index < -0.39 is 28.1 Å². The normalized spacial score (nSPS) is 12.3. The fraction of sp³-hybridized carbons (Fsp3) is 0.208. The fourth-order valence-corrected chi connectivity index (χ4v) is 5.73. The molecule has 4 rings (SSSR count). The number of carbonyl (C=O) groups excluding carboxylic acids is 1. The minimum absolute atomic E-state index is 0.123. The van der Waals surface area contributed by atoms with Gasteiger partial charge in [0.2, 0.25) is 0 Å². The molecule has 0 bridgehead atoms. The molecular formula is C24H22Cl2N2O4S. The van der Waals surface area contributed by atoms with E-state index in [1.165, 1.54) is 18.2 Å². The monoisotopic (exact) mass is 504 g/mol. The largest absolute Gasteiger partial charge is 0.459 e. The summed E-state index contributed by atoms with van der Waals surface area (Å²) in [5.74, 6) is -0.682. The predicted octanol–water partition coefficient (Wildman–Crippen LogP) is 6.16. The number of rotatable bonds is 5. The maximum absolute atomic E-state index is 13.7. The van der Waals surface area contributed by atoms with Gasteiger partial charge in [-0.25, -0.2) is 8.42 Å². The summed E-state index contributed by atoms with van der Waals surface area (Å²) in [4.78, 5) is 15.9. The molecule has 0 aliphatic carbocycles. The number of fused-ring (bicyclic) bond motifs is 3. The number of aromatic nitrogens is 1. The molecule has 9 heteroatoms. The number of aromatic amines is 1. The molecule has 1 heterocycles. The summed E-state index contributed by atoms with van der Waals surface area (Å²) in [5.41, 5.74) is 1.31. The first-order chi connectivity index (χ1) is 15.4. The van der Waals surface area contributed by atoms with Crippen LogP contribution in [0.25, 0.3) is 21.8 Å². The van der Waals surface area contributed by atoms with Gasteiger partial charge < -0.3 is 9.72 Å². The van der Waals surface area contributed by atoms with Gasteiger partial charge in [0.25, 0.3) is 10.0 Å². The lowest BCUT2D eigenvalue weighted by Crippen LogP contribution is -2.39. The van der Waals surface area contributed by atoms with Crippen LogP contribution in [0.15, 0.2) is 65.6 Å². The molecule has 3 aromatic carbocycles. The summed E-state index contributed by atoms with van der Waals surface area (Å²) in [6, 6.07) is 16.9. The highest BCUT2D eigenvalue weighted by atomic mass is 35.5. The van der Waals surface area contributed by atoms with Crippen molar-refractivity contribution in [3.05, 3.63) is 70.7 Å². The second-order valence-electron chi connectivity index (χ2n) is 8.60. The zero-order valence-electron chi connectivity index (χ0n) is 18.2. The van der Waals surface area contributed by atoms with E-state index in [4.69, 9.17) is 27.9 Å². The molecule has 4 aromatic rings. The Kier molecular flexibility index (Phi) is 6.07. The number of halogens is 2. The first-order valence-corrected chi connectivity index (χ1v) is 12.3. The van der Waals surface area contributed by atoms with Crippen LogP contribution < -0.4 is 4.31 Å². The molecule has 0 saturated heterocycles. The van der Waals surface area contributed by atoms with Crippen molar-refractivity contribution in [2.24, 2.45) is 0 Å². The summed E-state index contributed by atoms with van der Waals surface area (Å²) < 4.78 is 33.8. The van der Waals surface area contributed by atoms with E-state index in [0.717, 1.165) is 26.1 Å². The van der Waals surface area contributed by atoms with E-state index in [1.54, 1.807) is 39.0 Å². The van der Waals surface area contributed by atoms with Crippen molar-refractivity contribution < 1.29 is 17.9 Å². The second-order valence-corrected chi connectivity index (χ2v) is 11.3. The van der Waals surface area contributed by atoms with E-state index in [9.17, 15) is 13.2 Å². The molecule has 0 atom stereocenters. The van der Waals surface area contributed by atoms with Crippen LogP contribution in [-0.4, -0.2) is 31.5 Å². The summed E-state index contributed by atoms with van der Waals surface area (Å²) >= 11 is 12.1. The van der Waals surface area contributed by atoms with Crippen LogP contribution in [0.2, 0.25) is 10.0 Å². The third-order valence-corrected chi connectivity index (χ3v) is 7.08. The van der Waals surface area contributed by atoms with E-state index in [0.29, 0.717) is 5.69 Å². The summed E-state index contributed by atoms with van der Waals surface area (Å²) in [6.45, 7) is 4.65. The minimum Gasteiger partial charge on any atom is -0.459 e. The maximum Gasteiger partial charge on any atom is 0.327 e. The number of para-hydroxylation sites is 1. The zero-order chi connectivity index (χ0) is 24.0. The first kappa shape index (κ1) is 23.4. The highest BCUT2D eigenvalue weighted by Crippen LogP contribution is 2.33. The molecule has 1 aromatic heterocycles. The lowest BCUT2D eigenvalue weighted by molar-refractivity contribution is -0.152. The molecule has 6 nitrogen and oxygen atoms in total. The van der Waals surface area contributed by atoms with E-state index >= 15 is 0 Å². The number of anilines is 1. The number of esters is 1. The number of sulfonamides is 1. The van der Waals surface area contributed by atoms with Gasteiger partial charge in [-0.3, -0.25) is 9.10 Å². The molecular weight excluding hydrogens is 483 g/mol. The molecule has 1 N–H and O–H groups in total. The average Bonchev–Trinajstić information content (AvgIpc) is 3.08. The van der Waals surface area contributed by atoms with E-state index in [-0.39, 0.29) is 14.9 Å². The summed E-state index contributed by atoms with van der Waals surface area (Å²) in [6.07, 6.45) is 0. The number of H-pyrrole nitrogens is 1. The van der Waals surface area contributed by atoms with Crippen LogP contribution in [0, 0.1) is 0 Å². The molecule has 0 fully saturated rings. The molecule has 0 unspecified atom stereocenters. The van der Waals surface area contributed by atoms with Crippen molar-refractivity contribution in [3.8, 4) is 0 Å². The molecule has 0 radical (unpaired) electrons. The molecule has 33 heavy (non-hydrogen) atoms. The lowest BCUT2D eigenvalue weighted by Gasteiger charge is -2.26. The Morgan fingerprint density at radius 3 is 2.24 bits per heavy atom. The quantitative estimate of drug-likeness (QED) is 0.329. The molecule has 0 aliphatic rings. The Bertz CT molecular complexity index is 1450. The van der Waals surface area contributed by atoms with Crippen LogP contribution in [0.1, 0.15) is 20.8 Å². The average molecular weight is 505 g/mol. The van der Waals surface area contributed by atoms with Crippen LogP contribution >= 0.6 is 23.2 Å². The Morgan fingerprint density at radius 2 is 1.58 bits per heavy atom. The highest BCUT2D eigenvalue weighted by molar-refractivity contribution is 7.92. The van der Waals surface area contributed by atoms with E-state index in [2.05, 4.69) is 4.98 Å². The lowest BCUT2D eigenvalue weighted by atomic mass is 10.1. The van der Waals surface area contributed by atoms with Gasteiger partial charge in [-0.2, -0.15) is 0 Å². The number of hydrogen-bond donors (Lipinski definition) is 1. The van der Waals surface area contributed by atoms with Crippen LogP contribution in [0.5, 0.6) is 0 Å². The van der Waals surface area contributed by atoms with Crippen molar-refractivity contribution in [2.75, 3.05) is 10.8 Å². The smallest absolute Gasteiger partial charge is 0.327 e. The van der Waals surface area contributed by atoms with Crippen molar-refractivity contribution in [1.82, 2.24) is 4.98 Å². The van der Waals surface area contributed by atoms with Gasteiger partial charge in [0.05, 0.1) is 10.6 Å². The van der Waals surface area contributed by atoms with Gasteiger partial charge in [-0.1, -0.05) is 41.4 Å². The van der Waals surface area contributed by atoms with Gasteiger partial charge in [0.15, 0.2) is 0 Å². The van der Waals surface area contributed by atoms with Crippen molar-refractivity contribution >= 4 is 66.7 Å². The third-order valence-electron chi connectivity index (χ3n) is 4.89. The Balaban J connectivity index is 1.86.